The van der Waals surface area contributed by atoms with E-state index in [9.17, 15) is 0 Å². The Hall–Kier alpha value is -2.65. The lowest BCUT2D eigenvalue weighted by atomic mass is 10.1. The molecule has 4 rings (SSSR count). The van der Waals surface area contributed by atoms with Crippen LogP contribution in [0.25, 0.3) is 11.7 Å². The second-order valence-electron chi connectivity index (χ2n) is 5.51. The molecule has 9 heteroatoms. The molecule has 3 aromatic heterocycles. The Morgan fingerprint density at radius 3 is 2.85 bits per heavy atom. The third-order valence-electron chi connectivity index (χ3n) is 3.77. The molecule has 0 aliphatic carbocycles. The molecule has 26 heavy (non-hydrogen) atoms. The molecule has 0 spiro atoms. The maximum atomic E-state index is 5.59. The number of hydrogen-bond acceptors (Lipinski definition) is 9. The van der Waals surface area contributed by atoms with Crippen molar-refractivity contribution in [3.05, 3.63) is 53.6 Å². The minimum atomic E-state index is 0.375. The van der Waals surface area contributed by atoms with Gasteiger partial charge >= 0.3 is 0 Å². The van der Waals surface area contributed by atoms with Crippen LogP contribution in [0.2, 0.25) is 0 Å². The van der Waals surface area contributed by atoms with Crippen LogP contribution in [0.1, 0.15) is 17.0 Å². The Morgan fingerprint density at radius 2 is 2.00 bits per heavy atom. The first kappa shape index (κ1) is 16.8. The van der Waals surface area contributed by atoms with Crippen molar-refractivity contribution < 1.29 is 8.83 Å². The van der Waals surface area contributed by atoms with Crippen molar-refractivity contribution in [2.45, 2.75) is 23.9 Å². The molecule has 0 amide bonds. The highest BCUT2D eigenvalue weighted by Gasteiger charge is 2.13. The molecule has 1 aromatic carbocycles. The Labute approximate surface area is 157 Å². The predicted molar refractivity (Wildman–Crippen MR) is 101 cm³/mol. The maximum absolute atomic E-state index is 5.59. The molecule has 3 heterocycles. The summed E-state index contributed by atoms with van der Waals surface area (Å²) in [7, 11) is 0. The average molecular weight is 385 g/mol. The minimum Gasteiger partial charge on any atom is -0.459 e. The fourth-order valence-corrected chi connectivity index (χ4v) is 3.86. The number of nitrogens with one attached hydrogen (secondary N) is 1. The SMILES string of the molecule is Cc1cccc(Nc2nnc(SCc3nnc(-c4ccco4)o3)s2)c1C. The summed E-state index contributed by atoms with van der Waals surface area (Å²) >= 11 is 2.99. The van der Waals surface area contributed by atoms with Crippen LogP contribution in [0, 0.1) is 13.8 Å². The lowest BCUT2D eigenvalue weighted by molar-refractivity contribution is 0.494. The van der Waals surface area contributed by atoms with Gasteiger partial charge in [0.05, 0.1) is 12.0 Å². The summed E-state index contributed by atoms with van der Waals surface area (Å²) in [6.07, 6.45) is 1.57. The van der Waals surface area contributed by atoms with Gasteiger partial charge in [-0.15, -0.1) is 20.4 Å². The van der Waals surface area contributed by atoms with Crippen molar-refractivity contribution in [2.24, 2.45) is 0 Å². The van der Waals surface area contributed by atoms with Gasteiger partial charge in [0.15, 0.2) is 10.1 Å². The van der Waals surface area contributed by atoms with Crippen LogP contribution in [-0.2, 0) is 5.75 Å². The summed E-state index contributed by atoms with van der Waals surface area (Å²) in [5.41, 5.74) is 3.48. The summed E-state index contributed by atoms with van der Waals surface area (Å²) in [6.45, 7) is 4.17. The maximum Gasteiger partial charge on any atom is 0.283 e. The van der Waals surface area contributed by atoms with Crippen LogP contribution in [0.5, 0.6) is 0 Å². The van der Waals surface area contributed by atoms with Crippen LogP contribution in [-0.4, -0.2) is 20.4 Å². The van der Waals surface area contributed by atoms with Crippen molar-refractivity contribution in [1.29, 1.82) is 0 Å². The smallest absolute Gasteiger partial charge is 0.283 e. The van der Waals surface area contributed by atoms with Gasteiger partial charge in [-0.25, -0.2) is 0 Å². The second-order valence-corrected chi connectivity index (χ2v) is 7.71. The van der Waals surface area contributed by atoms with E-state index in [0.717, 1.165) is 15.2 Å². The highest BCUT2D eigenvalue weighted by molar-refractivity contribution is 8.00. The number of nitrogens with zero attached hydrogens (tertiary/aromatic N) is 4. The van der Waals surface area contributed by atoms with E-state index in [1.807, 2.05) is 12.1 Å². The van der Waals surface area contributed by atoms with E-state index in [1.165, 1.54) is 34.2 Å². The van der Waals surface area contributed by atoms with Gasteiger partial charge in [-0.2, -0.15) is 0 Å². The molecule has 0 saturated heterocycles. The standard InChI is InChI=1S/C17H15N5O2S2/c1-10-5-3-6-12(11(10)2)18-16-21-22-17(26-16)25-9-14-19-20-15(24-14)13-7-4-8-23-13/h3-8H,9H2,1-2H3,(H,18,21). The van der Waals surface area contributed by atoms with E-state index in [2.05, 4.69) is 45.6 Å². The zero-order chi connectivity index (χ0) is 17.9. The zero-order valence-electron chi connectivity index (χ0n) is 14.1. The summed E-state index contributed by atoms with van der Waals surface area (Å²) in [5.74, 6) is 1.97. The Morgan fingerprint density at radius 1 is 1.08 bits per heavy atom. The summed E-state index contributed by atoms with van der Waals surface area (Å²) < 4.78 is 11.7. The number of benzene rings is 1. The van der Waals surface area contributed by atoms with E-state index in [4.69, 9.17) is 8.83 Å². The normalized spacial score (nSPS) is 11.0. The van der Waals surface area contributed by atoms with Gasteiger partial charge in [0, 0.05) is 5.69 Å². The van der Waals surface area contributed by atoms with Gasteiger partial charge in [-0.3, -0.25) is 0 Å². The van der Waals surface area contributed by atoms with Crippen LogP contribution in [0.4, 0.5) is 10.8 Å². The monoisotopic (exact) mass is 385 g/mol. The molecule has 4 aromatic rings. The topological polar surface area (TPSA) is 89.9 Å². The van der Waals surface area contributed by atoms with Crippen molar-refractivity contribution in [2.75, 3.05) is 5.32 Å². The number of rotatable bonds is 6. The van der Waals surface area contributed by atoms with Crippen LogP contribution >= 0.6 is 23.1 Å². The molecule has 0 aliphatic rings. The first-order valence-corrected chi connectivity index (χ1v) is 9.65. The highest BCUT2D eigenvalue weighted by atomic mass is 32.2. The van der Waals surface area contributed by atoms with Crippen LogP contribution in [0.3, 0.4) is 0 Å². The number of anilines is 2. The molecule has 7 nitrogen and oxygen atoms in total. The number of furan rings is 1. The third kappa shape index (κ3) is 3.63. The predicted octanol–water partition coefficient (Wildman–Crippen LogP) is 4.83. The van der Waals surface area contributed by atoms with Crippen molar-refractivity contribution >= 4 is 33.9 Å². The van der Waals surface area contributed by atoms with Crippen molar-refractivity contribution in [1.82, 2.24) is 20.4 Å². The largest absolute Gasteiger partial charge is 0.459 e. The number of aryl methyl sites for hydroxylation is 1. The van der Waals surface area contributed by atoms with Gasteiger partial charge in [0.1, 0.15) is 0 Å². The van der Waals surface area contributed by atoms with Gasteiger partial charge in [-0.05, 0) is 43.2 Å². The van der Waals surface area contributed by atoms with Gasteiger partial charge in [0.2, 0.25) is 11.0 Å². The number of hydrogen-bond donors (Lipinski definition) is 1. The molecule has 0 aliphatic heterocycles. The molecule has 1 N–H and O–H groups in total. The zero-order valence-corrected chi connectivity index (χ0v) is 15.7. The fraction of sp³-hybridized carbons (Fsp3) is 0.176. The molecule has 0 unspecified atom stereocenters. The minimum absolute atomic E-state index is 0.375. The van der Waals surface area contributed by atoms with Crippen molar-refractivity contribution in [3.63, 3.8) is 0 Å². The molecule has 0 atom stereocenters. The summed E-state index contributed by atoms with van der Waals surface area (Å²) in [6, 6.07) is 9.70. The van der Waals surface area contributed by atoms with E-state index >= 15 is 0 Å². The van der Waals surface area contributed by atoms with Crippen LogP contribution in [0.15, 0.2) is 49.8 Å². The highest BCUT2D eigenvalue weighted by Crippen LogP contribution is 2.31. The lowest BCUT2D eigenvalue weighted by Gasteiger charge is -2.08. The average Bonchev–Trinajstić information content (AvgIpc) is 3.38. The summed E-state index contributed by atoms with van der Waals surface area (Å²) in [4.78, 5) is 0. The number of aromatic nitrogens is 4. The van der Waals surface area contributed by atoms with Gasteiger partial charge in [0.25, 0.3) is 5.89 Å². The van der Waals surface area contributed by atoms with E-state index < -0.39 is 0 Å². The Balaban J connectivity index is 1.39. The van der Waals surface area contributed by atoms with E-state index in [1.54, 1.807) is 18.4 Å². The Kier molecular flexibility index (Phi) is 4.72. The molecule has 0 saturated carbocycles. The van der Waals surface area contributed by atoms with Crippen molar-refractivity contribution in [3.8, 4) is 11.7 Å². The van der Waals surface area contributed by atoms with Gasteiger partial charge < -0.3 is 14.2 Å². The number of thioether (sulfide) groups is 1. The van der Waals surface area contributed by atoms with Crippen LogP contribution < -0.4 is 5.32 Å². The first-order chi connectivity index (χ1) is 12.7. The van der Waals surface area contributed by atoms with E-state index in [-0.39, 0.29) is 0 Å². The summed E-state index contributed by atoms with van der Waals surface area (Å²) in [5, 5.41) is 20.5. The van der Waals surface area contributed by atoms with Gasteiger partial charge in [-0.1, -0.05) is 35.2 Å². The molecule has 0 fully saturated rings. The second kappa shape index (κ2) is 7.30. The molecule has 0 radical (unpaired) electrons. The fourth-order valence-electron chi connectivity index (χ4n) is 2.26. The Bertz CT molecular complexity index is 1010. The molecular weight excluding hydrogens is 370 g/mol. The lowest BCUT2D eigenvalue weighted by Crippen LogP contribution is -1.94. The third-order valence-corrected chi connectivity index (χ3v) is 5.73. The first-order valence-electron chi connectivity index (χ1n) is 7.85. The quantitative estimate of drug-likeness (QED) is 0.472. The molecular formula is C17H15N5O2S2. The van der Waals surface area contributed by atoms with E-state index in [0.29, 0.717) is 23.3 Å². The molecule has 132 valence electrons. The molecule has 0 bridgehead atoms.